The van der Waals surface area contributed by atoms with E-state index >= 15 is 0 Å². The summed E-state index contributed by atoms with van der Waals surface area (Å²) in [5.74, 6) is -1.25. The molecule has 0 spiro atoms. The first-order valence-electron chi connectivity index (χ1n) is 6.93. The summed E-state index contributed by atoms with van der Waals surface area (Å²) in [6.07, 6.45) is 1.11. The van der Waals surface area contributed by atoms with Crippen LogP contribution in [0.15, 0.2) is 47.4 Å². The van der Waals surface area contributed by atoms with Gasteiger partial charge in [-0.25, -0.2) is 17.6 Å². The molecule has 1 aliphatic heterocycles. The zero-order valence-corrected chi connectivity index (χ0v) is 14.1. The number of carbonyl (C=O) groups is 1. The van der Waals surface area contributed by atoms with Gasteiger partial charge in [-0.3, -0.25) is 0 Å². The summed E-state index contributed by atoms with van der Waals surface area (Å²) in [5, 5.41) is 0.224. The SMILES string of the molecule is CS(=O)(=O)c1ccc(C2=C(c3ccc(Cl)cc3F)C(=O)OC2)cc1. The van der Waals surface area contributed by atoms with E-state index in [0.29, 0.717) is 11.1 Å². The van der Waals surface area contributed by atoms with Crippen LogP contribution in [0.4, 0.5) is 4.39 Å². The van der Waals surface area contributed by atoms with Crippen molar-refractivity contribution >= 4 is 38.6 Å². The van der Waals surface area contributed by atoms with Gasteiger partial charge in [-0.2, -0.15) is 0 Å². The quantitative estimate of drug-likeness (QED) is 0.781. The Balaban J connectivity index is 2.13. The molecule has 24 heavy (non-hydrogen) atoms. The van der Waals surface area contributed by atoms with E-state index in [2.05, 4.69) is 0 Å². The molecule has 0 unspecified atom stereocenters. The van der Waals surface area contributed by atoms with E-state index in [1.807, 2.05) is 0 Å². The van der Waals surface area contributed by atoms with Crippen molar-refractivity contribution in [3.8, 4) is 0 Å². The number of esters is 1. The van der Waals surface area contributed by atoms with Crippen molar-refractivity contribution in [2.24, 2.45) is 0 Å². The Morgan fingerprint density at radius 3 is 2.38 bits per heavy atom. The first-order valence-corrected chi connectivity index (χ1v) is 9.20. The zero-order chi connectivity index (χ0) is 17.5. The molecule has 1 heterocycles. The minimum Gasteiger partial charge on any atom is -0.457 e. The lowest BCUT2D eigenvalue weighted by Gasteiger charge is -2.07. The number of hydrogen-bond donors (Lipinski definition) is 0. The maximum atomic E-state index is 14.2. The third-order valence-corrected chi connectivity index (χ3v) is 5.05. The molecule has 0 fully saturated rings. The fourth-order valence-electron chi connectivity index (χ4n) is 2.50. The van der Waals surface area contributed by atoms with E-state index in [4.69, 9.17) is 16.3 Å². The molecule has 4 nitrogen and oxygen atoms in total. The lowest BCUT2D eigenvalue weighted by molar-refractivity contribution is -0.133. The summed E-state index contributed by atoms with van der Waals surface area (Å²) in [6.45, 7) is -0.00550. The Morgan fingerprint density at radius 2 is 1.79 bits per heavy atom. The standard InChI is InChI=1S/C17H12ClFO4S/c1-24(21,22)12-5-2-10(3-6-12)14-9-23-17(20)16(14)13-7-4-11(18)8-15(13)19/h2-8H,9H2,1H3. The molecule has 0 N–H and O–H groups in total. The van der Waals surface area contributed by atoms with Gasteiger partial charge in [-0.15, -0.1) is 0 Å². The minimum absolute atomic E-state index is 0.00550. The Kier molecular flexibility index (Phi) is 4.19. The summed E-state index contributed by atoms with van der Waals surface area (Å²) in [5.41, 5.74) is 1.32. The smallest absolute Gasteiger partial charge is 0.339 e. The lowest BCUT2D eigenvalue weighted by Crippen LogP contribution is -2.01. The van der Waals surface area contributed by atoms with Crippen LogP contribution >= 0.6 is 11.6 Å². The number of carbonyl (C=O) groups excluding carboxylic acids is 1. The molecule has 2 aromatic carbocycles. The highest BCUT2D eigenvalue weighted by Crippen LogP contribution is 2.35. The van der Waals surface area contributed by atoms with Crippen LogP contribution in [0, 0.1) is 5.82 Å². The van der Waals surface area contributed by atoms with Crippen LogP contribution in [-0.4, -0.2) is 27.2 Å². The predicted molar refractivity (Wildman–Crippen MR) is 88.7 cm³/mol. The molecule has 1 aliphatic rings. The van der Waals surface area contributed by atoms with Gasteiger partial charge in [0.05, 0.1) is 10.5 Å². The summed E-state index contributed by atoms with van der Waals surface area (Å²) in [7, 11) is -3.32. The van der Waals surface area contributed by atoms with Gasteiger partial charge in [0.2, 0.25) is 0 Å². The number of sulfone groups is 1. The van der Waals surface area contributed by atoms with Gasteiger partial charge in [0.25, 0.3) is 0 Å². The summed E-state index contributed by atoms with van der Waals surface area (Å²) in [6, 6.07) is 10.1. The Hall–Kier alpha value is -2.18. The Morgan fingerprint density at radius 1 is 1.12 bits per heavy atom. The van der Waals surface area contributed by atoms with Gasteiger partial charge in [-0.05, 0) is 35.9 Å². The van der Waals surface area contributed by atoms with E-state index in [0.717, 1.165) is 12.3 Å². The van der Waals surface area contributed by atoms with E-state index in [1.165, 1.54) is 24.3 Å². The number of benzene rings is 2. The second-order valence-corrected chi connectivity index (χ2v) is 7.80. The lowest BCUT2D eigenvalue weighted by atomic mass is 9.96. The maximum Gasteiger partial charge on any atom is 0.339 e. The first kappa shape index (κ1) is 16.7. The van der Waals surface area contributed by atoms with Crippen molar-refractivity contribution in [1.29, 1.82) is 0 Å². The van der Waals surface area contributed by atoms with Gasteiger partial charge in [-0.1, -0.05) is 23.7 Å². The predicted octanol–water partition coefficient (Wildman–Crippen LogP) is 3.35. The fraction of sp³-hybridized carbons (Fsp3) is 0.118. The molecular formula is C17H12ClFO4S. The van der Waals surface area contributed by atoms with Crippen LogP contribution in [-0.2, 0) is 19.4 Å². The first-order chi connectivity index (χ1) is 11.3. The largest absolute Gasteiger partial charge is 0.457 e. The van der Waals surface area contributed by atoms with Crippen LogP contribution in [0.2, 0.25) is 5.02 Å². The molecule has 0 saturated carbocycles. The number of ether oxygens (including phenoxy) is 1. The number of rotatable bonds is 3. The summed E-state index contributed by atoms with van der Waals surface area (Å²) in [4.78, 5) is 12.2. The Labute approximate surface area is 143 Å². The topological polar surface area (TPSA) is 60.4 Å². The van der Waals surface area contributed by atoms with Crippen molar-refractivity contribution in [2.45, 2.75) is 4.90 Å². The molecule has 0 bridgehead atoms. The van der Waals surface area contributed by atoms with Crippen molar-refractivity contribution in [2.75, 3.05) is 12.9 Å². The molecule has 7 heteroatoms. The van der Waals surface area contributed by atoms with Gasteiger partial charge >= 0.3 is 5.97 Å². The average molecular weight is 367 g/mol. The second-order valence-electron chi connectivity index (χ2n) is 5.35. The molecule has 0 aromatic heterocycles. The van der Waals surface area contributed by atoms with E-state index in [9.17, 15) is 17.6 Å². The van der Waals surface area contributed by atoms with E-state index in [-0.39, 0.29) is 27.7 Å². The van der Waals surface area contributed by atoms with Crippen LogP contribution in [0.25, 0.3) is 11.1 Å². The molecule has 2 aromatic rings. The van der Waals surface area contributed by atoms with Crippen molar-refractivity contribution in [3.63, 3.8) is 0 Å². The van der Waals surface area contributed by atoms with Crippen LogP contribution < -0.4 is 0 Å². The average Bonchev–Trinajstić information content (AvgIpc) is 2.88. The zero-order valence-electron chi connectivity index (χ0n) is 12.5. The van der Waals surface area contributed by atoms with Crippen molar-refractivity contribution < 1.29 is 22.3 Å². The van der Waals surface area contributed by atoms with Gasteiger partial charge in [0, 0.05) is 22.4 Å². The summed E-state index contributed by atoms with van der Waals surface area (Å²) >= 11 is 5.74. The van der Waals surface area contributed by atoms with Gasteiger partial charge < -0.3 is 4.74 Å². The van der Waals surface area contributed by atoms with Crippen LogP contribution in [0.1, 0.15) is 11.1 Å². The number of hydrogen-bond acceptors (Lipinski definition) is 4. The second kappa shape index (κ2) is 6.03. The number of cyclic esters (lactones) is 1. The highest BCUT2D eigenvalue weighted by Gasteiger charge is 2.29. The third kappa shape index (κ3) is 3.07. The van der Waals surface area contributed by atoms with Crippen LogP contribution in [0.5, 0.6) is 0 Å². The normalized spacial score (nSPS) is 14.9. The molecule has 0 saturated heterocycles. The minimum atomic E-state index is -3.32. The molecule has 0 atom stereocenters. The van der Waals surface area contributed by atoms with E-state index in [1.54, 1.807) is 12.1 Å². The number of halogens is 2. The van der Waals surface area contributed by atoms with Crippen LogP contribution in [0.3, 0.4) is 0 Å². The molecule has 0 aliphatic carbocycles. The Bertz CT molecular complexity index is 963. The summed E-state index contributed by atoms with van der Waals surface area (Å²) < 4.78 is 42.3. The molecular weight excluding hydrogens is 355 g/mol. The van der Waals surface area contributed by atoms with E-state index < -0.39 is 21.6 Å². The fourth-order valence-corrected chi connectivity index (χ4v) is 3.29. The molecule has 0 radical (unpaired) electrons. The molecule has 3 rings (SSSR count). The van der Waals surface area contributed by atoms with Crippen molar-refractivity contribution in [1.82, 2.24) is 0 Å². The highest BCUT2D eigenvalue weighted by molar-refractivity contribution is 7.90. The van der Waals surface area contributed by atoms with Crippen molar-refractivity contribution in [3.05, 3.63) is 64.4 Å². The maximum absolute atomic E-state index is 14.2. The molecule has 124 valence electrons. The van der Waals surface area contributed by atoms with Gasteiger partial charge in [0.15, 0.2) is 9.84 Å². The third-order valence-electron chi connectivity index (χ3n) is 3.68. The monoisotopic (exact) mass is 366 g/mol. The highest BCUT2D eigenvalue weighted by atomic mass is 35.5. The molecule has 0 amide bonds. The van der Waals surface area contributed by atoms with Gasteiger partial charge in [0.1, 0.15) is 12.4 Å².